The molecule has 0 aliphatic carbocycles. The summed E-state index contributed by atoms with van der Waals surface area (Å²) < 4.78 is 4.79. The van der Waals surface area contributed by atoms with Gasteiger partial charge in [-0.15, -0.1) is 0 Å². The number of nitrogens with one attached hydrogen (secondary N) is 5. The highest BCUT2D eigenvalue weighted by atomic mass is 16.5. The summed E-state index contributed by atoms with van der Waals surface area (Å²) in [7, 11) is 0. The maximum absolute atomic E-state index is 11.6. The highest BCUT2D eigenvalue weighted by Gasteiger charge is 2.10. The van der Waals surface area contributed by atoms with Gasteiger partial charge in [-0.05, 0) is 12.8 Å². The molecule has 0 aliphatic heterocycles. The number of ketones is 1. The molecule has 0 unspecified atom stereocenters. The Bertz CT molecular complexity index is 622. The van der Waals surface area contributed by atoms with E-state index < -0.39 is 23.6 Å². The third-order valence-corrected chi connectivity index (χ3v) is 3.24. The van der Waals surface area contributed by atoms with Crippen molar-refractivity contribution in [2.45, 2.75) is 27.2 Å². The van der Waals surface area contributed by atoms with E-state index in [-0.39, 0.29) is 63.5 Å². The van der Waals surface area contributed by atoms with Crippen molar-refractivity contribution in [3.63, 3.8) is 0 Å². The molecule has 0 fully saturated rings. The minimum Gasteiger partial charge on any atom is -0.364 e. The number of hydrogen-bond acceptors (Lipinski definition) is 7. The summed E-state index contributed by atoms with van der Waals surface area (Å²) in [6, 6.07) is 0. The van der Waals surface area contributed by atoms with Crippen molar-refractivity contribution in [3.8, 4) is 0 Å². The molecule has 0 bridgehead atoms. The molecule has 0 aromatic rings. The molecule has 12 heteroatoms. The lowest BCUT2D eigenvalue weighted by Gasteiger charge is -2.10. The van der Waals surface area contributed by atoms with Gasteiger partial charge in [0, 0.05) is 19.5 Å². The molecule has 12 nitrogen and oxygen atoms in total. The number of carbonyl (C=O) groups excluding carboxylic acids is 6. The summed E-state index contributed by atoms with van der Waals surface area (Å²) in [6.45, 7) is 4.12. The number of carbonyl (C=O) groups is 6. The number of rotatable bonds is 15. The monoisotopic (exact) mass is 429 g/mol. The Labute approximate surface area is 175 Å². The van der Waals surface area contributed by atoms with Gasteiger partial charge in [0.1, 0.15) is 13.2 Å². The molecular weight excluding hydrogens is 398 g/mol. The van der Waals surface area contributed by atoms with Crippen molar-refractivity contribution >= 4 is 35.3 Å². The van der Waals surface area contributed by atoms with E-state index in [0.717, 1.165) is 0 Å². The lowest BCUT2D eigenvalue weighted by molar-refractivity contribution is -0.131. The van der Waals surface area contributed by atoms with E-state index in [1.54, 1.807) is 0 Å². The van der Waals surface area contributed by atoms with Gasteiger partial charge in [0.25, 0.3) is 0 Å². The van der Waals surface area contributed by atoms with Gasteiger partial charge in [-0.25, -0.2) is 0 Å². The van der Waals surface area contributed by atoms with Gasteiger partial charge in [0.05, 0.1) is 19.6 Å². The van der Waals surface area contributed by atoms with Crippen molar-refractivity contribution in [2.24, 2.45) is 5.92 Å². The Morgan fingerprint density at radius 3 is 1.53 bits per heavy atom. The Morgan fingerprint density at radius 1 is 0.633 bits per heavy atom. The van der Waals surface area contributed by atoms with Crippen LogP contribution in [0.5, 0.6) is 0 Å². The fraction of sp³-hybridized carbons (Fsp3) is 0.667. The van der Waals surface area contributed by atoms with Gasteiger partial charge in [-0.1, -0.05) is 13.8 Å². The first-order chi connectivity index (χ1) is 14.1. The minimum absolute atomic E-state index is 0.0944. The highest BCUT2D eigenvalue weighted by molar-refractivity contribution is 5.90. The summed E-state index contributed by atoms with van der Waals surface area (Å²) in [5.74, 6) is -2.28. The van der Waals surface area contributed by atoms with Crippen LogP contribution in [0.3, 0.4) is 0 Å². The minimum atomic E-state index is -0.605. The second-order valence-corrected chi connectivity index (χ2v) is 6.82. The highest BCUT2D eigenvalue weighted by Crippen LogP contribution is 1.97. The van der Waals surface area contributed by atoms with Crippen LogP contribution in [0.1, 0.15) is 27.2 Å². The zero-order valence-corrected chi connectivity index (χ0v) is 17.6. The van der Waals surface area contributed by atoms with Crippen LogP contribution in [0.25, 0.3) is 0 Å². The van der Waals surface area contributed by atoms with E-state index in [4.69, 9.17) is 4.74 Å². The van der Waals surface area contributed by atoms with Gasteiger partial charge in [-0.3, -0.25) is 28.8 Å². The van der Waals surface area contributed by atoms with E-state index in [9.17, 15) is 28.8 Å². The largest absolute Gasteiger partial charge is 0.364 e. The van der Waals surface area contributed by atoms with E-state index >= 15 is 0 Å². The van der Waals surface area contributed by atoms with Gasteiger partial charge in [0.2, 0.25) is 29.5 Å². The standard InChI is InChI=1S/C18H31N5O7/c1-12(2)6-14(25)19-4-5-20-15(26)7-21-16(27)8-22-17(28)9-23-18(29)11-30-10-13(3)24/h12H,4-11H2,1-3H3,(H,19,25)(H,20,26)(H,21,27)(H,22,28)(H,23,29). The van der Waals surface area contributed by atoms with Crippen LogP contribution in [-0.4, -0.2) is 81.3 Å². The molecule has 0 atom stereocenters. The Balaban J connectivity index is 3.77. The number of Topliss-reactive ketones (excluding diaryl/α,β-unsaturated/α-hetero) is 1. The molecule has 0 heterocycles. The molecule has 5 N–H and O–H groups in total. The average Bonchev–Trinajstić information content (AvgIpc) is 2.65. The predicted molar refractivity (Wildman–Crippen MR) is 106 cm³/mol. The molecule has 170 valence electrons. The smallest absolute Gasteiger partial charge is 0.246 e. The number of hydrogen-bond donors (Lipinski definition) is 5. The van der Waals surface area contributed by atoms with Crippen LogP contribution in [-0.2, 0) is 33.5 Å². The first kappa shape index (κ1) is 27.0. The van der Waals surface area contributed by atoms with Crippen molar-refractivity contribution in [2.75, 3.05) is 45.9 Å². The maximum atomic E-state index is 11.6. The summed E-state index contributed by atoms with van der Waals surface area (Å²) in [5.41, 5.74) is 0. The Morgan fingerprint density at radius 2 is 1.07 bits per heavy atom. The second-order valence-electron chi connectivity index (χ2n) is 6.82. The molecule has 0 saturated carbocycles. The fourth-order valence-electron chi connectivity index (χ4n) is 1.91. The van der Waals surface area contributed by atoms with Gasteiger partial charge in [-0.2, -0.15) is 0 Å². The molecule has 30 heavy (non-hydrogen) atoms. The van der Waals surface area contributed by atoms with E-state index in [0.29, 0.717) is 6.42 Å². The molecule has 0 aromatic carbocycles. The predicted octanol–water partition coefficient (Wildman–Crippen LogP) is -2.78. The van der Waals surface area contributed by atoms with Gasteiger partial charge < -0.3 is 31.3 Å². The third-order valence-electron chi connectivity index (χ3n) is 3.24. The van der Waals surface area contributed by atoms with E-state index in [2.05, 4.69) is 26.6 Å². The summed E-state index contributed by atoms with van der Waals surface area (Å²) in [6.07, 6.45) is 0.410. The zero-order valence-electron chi connectivity index (χ0n) is 17.6. The van der Waals surface area contributed by atoms with Crippen LogP contribution in [0, 0.1) is 5.92 Å². The normalized spacial score (nSPS) is 10.1. The Hall–Kier alpha value is -3.02. The number of amides is 5. The molecule has 0 saturated heterocycles. The second kappa shape index (κ2) is 15.9. The van der Waals surface area contributed by atoms with E-state index in [1.807, 2.05) is 13.8 Å². The van der Waals surface area contributed by atoms with Gasteiger partial charge >= 0.3 is 0 Å². The average molecular weight is 429 g/mol. The lowest BCUT2D eigenvalue weighted by Crippen LogP contribution is -2.45. The van der Waals surface area contributed by atoms with Crippen LogP contribution in [0.4, 0.5) is 0 Å². The first-order valence-corrected chi connectivity index (χ1v) is 9.50. The maximum Gasteiger partial charge on any atom is 0.246 e. The van der Waals surface area contributed by atoms with Crippen LogP contribution in [0.2, 0.25) is 0 Å². The van der Waals surface area contributed by atoms with Gasteiger partial charge in [0.15, 0.2) is 5.78 Å². The summed E-state index contributed by atoms with van der Waals surface area (Å²) in [4.78, 5) is 68.2. The van der Waals surface area contributed by atoms with Crippen LogP contribution >= 0.6 is 0 Å². The van der Waals surface area contributed by atoms with Crippen molar-refractivity contribution < 1.29 is 33.5 Å². The van der Waals surface area contributed by atoms with Crippen molar-refractivity contribution in [1.82, 2.24) is 26.6 Å². The molecular formula is C18H31N5O7. The number of ether oxygens (including phenoxy) is 1. The van der Waals surface area contributed by atoms with Crippen LogP contribution < -0.4 is 26.6 Å². The SMILES string of the molecule is CC(=O)COCC(=O)NCC(=O)NCC(=O)NCC(=O)NCCNC(=O)CC(C)C. The van der Waals surface area contributed by atoms with E-state index in [1.165, 1.54) is 6.92 Å². The summed E-state index contributed by atoms with van der Waals surface area (Å²) >= 11 is 0. The van der Waals surface area contributed by atoms with Crippen molar-refractivity contribution in [3.05, 3.63) is 0 Å². The third kappa shape index (κ3) is 17.1. The topological polar surface area (TPSA) is 172 Å². The zero-order chi connectivity index (χ0) is 22.9. The molecule has 0 aliphatic rings. The molecule has 0 aromatic heterocycles. The molecule has 5 amide bonds. The molecule has 0 rings (SSSR count). The summed E-state index contributed by atoms with van der Waals surface area (Å²) in [5, 5.41) is 12.1. The van der Waals surface area contributed by atoms with Crippen LogP contribution in [0.15, 0.2) is 0 Å². The molecule has 0 spiro atoms. The first-order valence-electron chi connectivity index (χ1n) is 9.50. The lowest BCUT2D eigenvalue weighted by atomic mass is 10.1. The van der Waals surface area contributed by atoms with Crippen molar-refractivity contribution in [1.29, 1.82) is 0 Å². The molecule has 0 radical (unpaired) electrons. The Kier molecular flexibility index (Phi) is 14.3. The quantitative estimate of drug-likeness (QED) is 0.175. The fourth-order valence-corrected chi connectivity index (χ4v) is 1.91.